The van der Waals surface area contributed by atoms with Crippen molar-refractivity contribution in [2.75, 3.05) is 7.11 Å². The summed E-state index contributed by atoms with van der Waals surface area (Å²) in [5, 5.41) is 2.77. The van der Waals surface area contributed by atoms with Crippen LogP contribution in [0.1, 0.15) is 33.1 Å². The largest absolute Gasteiger partial charge is 0.513 e. The molecule has 0 spiro atoms. The van der Waals surface area contributed by atoms with Crippen molar-refractivity contribution in [1.29, 1.82) is 0 Å². The summed E-state index contributed by atoms with van der Waals surface area (Å²) in [7, 11) is -2.56. The predicted octanol–water partition coefficient (Wildman–Crippen LogP) is 4.60. The summed E-state index contributed by atoms with van der Waals surface area (Å²) in [4.78, 5) is 12.1. The molecule has 0 saturated carbocycles. The number of carbonyl (C=O) groups excluding carboxylic acids is 1. The summed E-state index contributed by atoms with van der Waals surface area (Å²) < 4.78 is 29.6. The second-order valence-electron chi connectivity index (χ2n) is 6.41. The van der Waals surface area contributed by atoms with Crippen LogP contribution in [0.25, 0.3) is 0 Å². The topological polar surface area (TPSA) is 73.9 Å². The van der Waals surface area contributed by atoms with Crippen LogP contribution in [0, 0.1) is 5.92 Å². The van der Waals surface area contributed by atoms with Gasteiger partial charge in [-0.3, -0.25) is 4.79 Å². The monoisotopic (exact) mass is 379 g/mol. The van der Waals surface area contributed by atoms with Crippen molar-refractivity contribution in [3.05, 3.63) is 54.3 Å². The third-order valence-corrected chi connectivity index (χ3v) is 5.19. The lowest BCUT2D eigenvalue weighted by atomic mass is 10.1. The lowest BCUT2D eigenvalue weighted by molar-refractivity contribution is -0.143. The molecule has 0 radical (unpaired) electrons. The molecule has 26 heavy (non-hydrogen) atoms. The Balaban J connectivity index is 2.25. The van der Waals surface area contributed by atoms with Gasteiger partial charge in [-0.25, -0.2) is 4.57 Å². The quantitative estimate of drug-likeness (QED) is 0.499. The molecular weight excluding hydrogens is 353 g/mol. The maximum Gasteiger partial charge on any atom is 0.513 e. The second-order valence-corrected chi connectivity index (χ2v) is 8.03. The van der Waals surface area contributed by atoms with Crippen molar-refractivity contribution in [3.63, 3.8) is 0 Å². The van der Waals surface area contributed by atoms with Crippen LogP contribution in [0.3, 0.4) is 0 Å². The molecule has 2 rings (SSSR count). The van der Waals surface area contributed by atoms with Gasteiger partial charge in [-0.1, -0.05) is 38.1 Å². The molecule has 0 bridgehead atoms. The molecule has 1 aromatic rings. The summed E-state index contributed by atoms with van der Waals surface area (Å²) in [5.41, 5.74) is 0. The minimum absolute atomic E-state index is 0.186. The van der Waals surface area contributed by atoms with E-state index < -0.39 is 19.8 Å². The molecule has 2 atom stereocenters. The van der Waals surface area contributed by atoms with Gasteiger partial charge in [0, 0.05) is 0 Å². The molecule has 142 valence electrons. The lowest BCUT2D eigenvalue weighted by Gasteiger charge is -2.26. The van der Waals surface area contributed by atoms with Gasteiger partial charge in [0.15, 0.2) is 0 Å². The van der Waals surface area contributed by atoms with Crippen molar-refractivity contribution < 1.29 is 23.1 Å². The van der Waals surface area contributed by atoms with E-state index in [0.717, 1.165) is 12.8 Å². The number of carbonyl (C=O) groups is 1. The van der Waals surface area contributed by atoms with E-state index in [0.29, 0.717) is 17.9 Å². The van der Waals surface area contributed by atoms with E-state index in [2.05, 4.69) is 5.09 Å². The summed E-state index contributed by atoms with van der Waals surface area (Å²) in [5.74, 6) is 0.519. The van der Waals surface area contributed by atoms with Gasteiger partial charge >= 0.3 is 13.7 Å². The predicted molar refractivity (Wildman–Crippen MR) is 101 cm³/mol. The van der Waals surface area contributed by atoms with Gasteiger partial charge in [-0.15, -0.1) is 0 Å². The van der Waals surface area contributed by atoms with Gasteiger partial charge < -0.3 is 13.8 Å². The Hall–Kier alpha value is -2.04. The molecule has 7 heteroatoms. The third-order valence-electron chi connectivity index (χ3n) is 3.66. The highest BCUT2D eigenvalue weighted by Gasteiger charge is 2.36. The molecule has 0 aliphatic heterocycles. The number of benzene rings is 1. The number of rotatable bonds is 9. The highest BCUT2D eigenvalue weighted by Crippen LogP contribution is 2.48. The second kappa shape index (κ2) is 9.60. The minimum Gasteiger partial charge on any atom is -0.468 e. The van der Waals surface area contributed by atoms with Gasteiger partial charge in [0.05, 0.1) is 7.11 Å². The number of allylic oxidation sites excluding steroid dienone is 3. The Kier molecular flexibility index (Phi) is 7.49. The Labute approximate surface area is 154 Å². The number of nitrogens with one attached hydrogen (secondary N) is 1. The van der Waals surface area contributed by atoms with Crippen LogP contribution in [-0.4, -0.2) is 19.1 Å². The van der Waals surface area contributed by atoms with E-state index in [1.165, 1.54) is 7.11 Å². The molecule has 1 N–H and O–H groups in total. The number of ether oxygens (including phenoxy) is 1. The summed E-state index contributed by atoms with van der Waals surface area (Å²) in [6, 6.07) is 7.92. The van der Waals surface area contributed by atoms with Gasteiger partial charge in [0.1, 0.15) is 17.6 Å². The van der Waals surface area contributed by atoms with Gasteiger partial charge in [-0.2, -0.15) is 5.09 Å². The average molecular weight is 379 g/mol. The smallest absolute Gasteiger partial charge is 0.468 e. The molecule has 6 nitrogen and oxygen atoms in total. The Morgan fingerprint density at radius 2 is 1.92 bits per heavy atom. The SMILES string of the molecule is COC(=O)[C@H](CC(C)C)NP(=O)(OC1=CCCC=C1)Oc1ccccc1. The number of hydrogen-bond donors (Lipinski definition) is 1. The molecule has 1 unspecified atom stereocenters. The molecule has 0 aromatic heterocycles. The van der Waals surface area contributed by atoms with E-state index in [4.69, 9.17) is 13.8 Å². The van der Waals surface area contributed by atoms with E-state index in [-0.39, 0.29) is 5.92 Å². The zero-order valence-electron chi connectivity index (χ0n) is 15.4. The first kappa shape index (κ1) is 20.3. The molecule has 0 fully saturated rings. The molecule has 1 aliphatic carbocycles. The first-order valence-electron chi connectivity index (χ1n) is 8.68. The van der Waals surface area contributed by atoms with E-state index in [1.54, 1.807) is 30.3 Å². The zero-order chi connectivity index (χ0) is 19.0. The molecule has 0 saturated heterocycles. The number of methoxy groups -OCH3 is 1. The van der Waals surface area contributed by atoms with E-state index in [1.807, 2.05) is 32.1 Å². The Bertz CT molecular complexity index is 699. The van der Waals surface area contributed by atoms with Crippen molar-refractivity contribution in [1.82, 2.24) is 5.09 Å². The van der Waals surface area contributed by atoms with Crippen LogP contribution >= 0.6 is 7.75 Å². The standard InChI is InChI=1S/C19H26NO5P/c1-15(2)14-18(19(21)23-3)20-26(22,24-16-10-6-4-7-11-16)25-17-12-8-5-9-13-17/h4,6-8,10-13,15,18H,5,9,14H2,1-3H3,(H,20,22)/t18-,26?/m0/s1. The molecule has 1 aromatic carbocycles. The van der Waals surface area contributed by atoms with Gasteiger partial charge in [0.25, 0.3) is 0 Å². The molecule has 0 amide bonds. The molecular formula is C19H26NO5P. The van der Waals surface area contributed by atoms with Crippen LogP contribution in [0.5, 0.6) is 5.75 Å². The van der Waals surface area contributed by atoms with Gasteiger partial charge in [-0.05, 0) is 49.5 Å². The number of esters is 1. The maximum atomic E-state index is 13.4. The summed E-state index contributed by atoms with van der Waals surface area (Å²) in [6.45, 7) is 3.93. The lowest BCUT2D eigenvalue weighted by Crippen LogP contribution is -2.38. The normalized spacial score (nSPS) is 17.2. The maximum absolute atomic E-state index is 13.4. The fraction of sp³-hybridized carbons (Fsp3) is 0.421. The van der Waals surface area contributed by atoms with Crippen LogP contribution in [0.15, 0.2) is 54.3 Å². The number of hydrogen-bond acceptors (Lipinski definition) is 5. The Morgan fingerprint density at radius 3 is 2.50 bits per heavy atom. The highest BCUT2D eigenvalue weighted by molar-refractivity contribution is 7.52. The van der Waals surface area contributed by atoms with Gasteiger partial charge in [0.2, 0.25) is 0 Å². The first-order chi connectivity index (χ1) is 12.4. The fourth-order valence-corrected chi connectivity index (χ4v) is 4.04. The van der Waals surface area contributed by atoms with Crippen LogP contribution < -0.4 is 9.61 Å². The van der Waals surface area contributed by atoms with Crippen molar-refractivity contribution in [2.24, 2.45) is 5.92 Å². The third kappa shape index (κ3) is 6.36. The van der Waals surface area contributed by atoms with Crippen molar-refractivity contribution >= 4 is 13.7 Å². The van der Waals surface area contributed by atoms with Crippen molar-refractivity contribution in [2.45, 2.75) is 39.2 Å². The first-order valence-corrected chi connectivity index (χ1v) is 10.2. The van der Waals surface area contributed by atoms with E-state index >= 15 is 0 Å². The van der Waals surface area contributed by atoms with E-state index in [9.17, 15) is 9.36 Å². The summed E-state index contributed by atoms with van der Waals surface area (Å²) in [6.07, 6.45) is 7.67. The number of para-hydroxylation sites is 1. The van der Waals surface area contributed by atoms with Crippen molar-refractivity contribution in [3.8, 4) is 5.75 Å². The zero-order valence-corrected chi connectivity index (χ0v) is 16.3. The fourth-order valence-electron chi connectivity index (χ4n) is 2.49. The van der Waals surface area contributed by atoms with Crippen LogP contribution in [0.2, 0.25) is 0 Å². The molecule has 0 heterocycles. The highest BCUT2D eigenvalue weighted by atomic mass is 31.2. The summed E-state index contributed by atoms with van der Waals surface area (Å²) >= 11 is 0. The molecule has 1 aliphatic rings. The average Bonchev–Trinajstić information content (AvgIpc) is 2.61. The minimum atomic E-state index is -3.86. The Morgan fingerprint density at radius 1 is 1.19 bits per heavy atom. The van der Waals surface area contributed by atoms with Crippen LogP contribution in [-0.2, 0) is 18.6 Å². The van der Waals surface area contributed by atoms with Crippen LogP contribution in [0.4, 0.5) is 0 Å².